The number of aliphatic hydroxyl groups excluding tert-OH is 1. The maximum atomic E-state index is 14.3. The predicted molar refractivity (Wildman–Crippen MR) is 205 cm³/mol. The smallest absolute Gasteiger partial charge is 0.251 e. The van der Waals surface area contributed by atoms with Gasteiger partial charge in [-0.25, -0.2) is 0 Å². The highest BCUT2D eigenvalue weighted by Gasteiger charge is 2.57. The molecule has 7 rings (SSSR count). The molecule has 1 aliphatic heterocycles. The number of hydrogen-bond donors (Lipinski definition) is 4. The van der Waals surface area contributed by atoms with Crippen molar-refractivity contribution in [3.8, 4) is 16.9 Å². The topological polar surface area (TPSA) is 129 Å². The number of nitrogens with one attached hydrogen (secondary N) is 2. The molecular formula is C42H57N5O5. The van der Waals surface area contributed by atoms with Crippen LogP contribution in [-0.2, 0) is 22.6 Å². The third-order valence-electron chi connectivity index (χ3n) is 12.3. The molecule has 1 heterocycles. The first-order chi connectivity index (χ1) is 24.8. The Kier molecular flexibility index (Phi) is 11.3. The Morgan fingerprint density at radius 1 is 1.10 bits per heavy atom. The van der Waals surface area contributed by atoms with Crippen molar-refractivity contribution in [2.24, 2.45) is 34.8 Å². The van der Waals surface area contributed by atoms with E-state index >= 15 is 0 Å². The lowest BCUT2D eigenvalue weighted by Crippen LogP contribution is -2.62. The summed E-state index contributed by atoms with van der Waals surface area (Å²) >= 11 is 0. The molecule has 0 spiro atoms. The fourth-order valence-corrected chi connectivity index (χ4v) is 9.10. The van der Waals surface area contributed by atoms with Gasteiger partial charge in [-0.05, 0) is 78.7 Å². The molecule has 0 radical (unpaired) electrons. The van der Waals surface area contributed by atoms with Gasteiger partial charge in [-0.3, -0.25) is 14.4 Å². The lowest BCUT2D eigenvalue weighted by Gasteiger charge is -2.62. The van der Waals surface area contributed by atoms with Gasteiger partial charge < -0.3 is 31.1 Å². The van der Waals surface area contributed by atoms with Crippen molar-refractivity contribution >= 4 is 17.5 Å². The molecule has 4 fully saturated rings. The first-order valence-corrected chi connectivity index (χ1v) is 18.8. The summed E-state index contributed by atoms with van der Waals surface area (Å²) in [5, 5.41) is 19.1. The molecule has 280 valence electrons. The van der Waals surface area contributed by atoms with Crippen molar-refractivity contribution < 1.29 is 24.3 Å². The number of aliphatic hydroxyl groups is 1. The number of amides is 2. The van der Waals surface area contributed by atoms with Crippen molar-refractivity contribution in [2.75, 3.05) is 39.2 Å². The molecule has 2 amide bonds. The number of carbonyl (C=O) groups is 2. The van der Waals surface area contributed by atoms with Gasteiger partial charge in [0.15, 0.2) is 0 Å². The van der Waals surface area contributed by atoms with E-state index < -0.39 is 24.2 Å². The minimum absolute atomic E-state index is 0.0734. The molecule has 0 unspecified atom stereocenters. The number of hydrogen-bond acceptors (Lipinski definition) is 8. The van der Waals surface area contributed by atoms with Crippen molar-refractivity contribution in [2.45, 2.75) is 77.8 Å². The Bertz CT molecular complexity index is 1730. The quantitative estimate of drug-likeness (QED) is 0.195. The van der Waals surface area contributed by atoms with Gasteiger partial charge in [-0.15, -0.1) is 0 Å². The Morgan fingerprint density at radius 2 is 1.85 bits per heavy atom. The van der Waals surface area contributed by atoms with Crippen LogP contribution in [0.5, 0.6) is 5.75 Å². The lowest BCUT2D eigenvalue weighted by atomic mass is 9.45. The molecule has 3 saturated carbocycles. The summed E-state index contributed by atoms with van der Waals surface area (Å²) in [4.78, 5) is 36.1. The van der Waals surface area contributed by atoms with Gasteiger partial charge in [-0.2, -0.15) is 5.06 Å². The second kappa shape index (κ2) is 15.6. The fraction of sp³-hybridized carbons (Fsp3) is 0.524. The Balaban J connectivity index is 1.26. The summed E-state index contributed by atoms with van der Waals surface area (Å²) in [5.74, 6) is 1.35. The largest absolute Gasteiger partial charge is 0.496 e. The van der Waals surface area contributed by atoms with Crippen LogP contribution in [0.3, 0.4) is 0 Å². The number of ether oxygens (including phenoxy) is 1. The van der Waals surface area contributed by atoms with Crippen LogP contribution in [-0.4, -0.2) is 80.6 Å². The number of nitrogens with two attached hydrogens (primary N) is 1. The first-order valence-electron chi connectivity index (χ1n) is 18.8. The number of fused-ring (bicyclic) bond motifs is 2. The molecule has 8 atom stereocenters. The van der Waals surface area contributed by atoms with E-state index in [4.69, 9.17) is 15.3 Å². The molecule has 4 aliphatic rings. The number of benzene rings is 3. The van der Waals surface area contributed by atoms with Crippen LogP contribution in [0.4, 0.5) is 5.69 Å². The number of methoxy groups -OCH3 is 1. The van der Waals surface area contributed by atoms with Crippen molar-refractivity contribution in [3.63, 3.8) is 0 Å². The number of rotatable bonds is 13. The second-order valence-corrected chi connectivity index (χ2v) is 15.9. The molecule has 5 N–H and O–H groups in total. The molecule has 0 aromatic heterocycles. The van der Waals surface area contributed by atoms with Crippen molar-refractivity contribution in [1.82, 2.24) is 15.7 Å². The van der Waals surface area contributed by atoms with Crippen LogP contribution >= 0.6 is 0 Å². The number of carbonyl (C=O) groups excluding carboxylic acids is 2. The average molecular weight is 712 g/mol. The monoisotopic (exact) mass is 711 g/mol. The maximum Gasteiger partial charge on any atom is 0.251 e. The maximum absolute atomic E-state index is 14.3. The summed E-state index contributed by atoms with van der Waals surface area (Å²) in [5.41, 5.74) is 11.5. The zero-order chi connectivity index (χ0) is 37.3. The normalized spacial score (nSPS) is 27.0. The fourth-order valence-electron chi connectivity index (χ4n) is 9.10. The van der Waals surface area contributed by atoms with E-state index in [9.17, 15) is 14.7 Å². The van der Waals surface area contributed by atoms with E-state index in [1.54, 1.807) is 19.1 Å². The summed E-state index contributed by atoms with van der Waals surface area (Å²) in [7, 11) is 5.53. The van der Waals surface area contributed by atoms with Crippen LogP contribution in [0.1, 0.15) is 62.0 Å². The predicted octanol–water partition coefficient (Wildman–Crippen LogP) is 5.03. The van der Waals surface area contributed by atoms with Gasteiger partial charge in [0.2, 0.25) is 5.91 Å². The molecule has 3 aromatic rings. The molecule has 10 heteroatoms. The van der Waals surface area contributed by atoms with E-state index in [-0.39, 0.29) is 30.9 Å². The Hall–Kier alpha value is -3.96. The lowest BCUT2D eigenvalue weighted by molar-refractivity contribution is -0.175. The highest BCUT2D eigenvalue weighted by molar-refractivity contribution is 5.97. The van der Waals surface area contributed by atoms with Crippen LogP contribution in [0.25, 0.3) is 11.1 Å². The van der Waals surface area contributed by atoms with Crippen molar-refractivity contribution in [1.29, 1.82) is 0 Å². The number of nitrogens with zero attached hydrogens (tertiary/aromatic N) is 2. The standard InChI is InChI=1S/C42H57N5O5/c1-25-34-21-31(42(34,3)4)22-35(25)45-41(50)38-37(26(2)48)36(23-43)52-47(38)24-28-14-11-15-33(39(28)51-7)29-18-30(20-32(19-29)46(5)6)40(49)44-17-16-27-12-9-8-10-13-27/h8-15,18-20,25-26,31,34-38,48H,16-17,21-24,43H2,1-7H3,(H,44,49)(H,45,50)/t25-,26-,31+,34-,35-,36-,37+,38-/m0/s1. The zero-order valence-electron chi connectivity index (χ0n) is 31.8. The molecule has 3 aromatic carbocycles. The van der Waals surface area contributed by atoms with Gasteiger partial charge in [0.05, 0.1) is 25.9 Å². The van der Waals surface area contributed by atoms with Crippen LogP contribution in [0.2, 0.25) is 0 Å². The third kappa shape index (κ3) is 7.44. The summed E-state index contributed by atoms with van der Waals surface area (Å²) < 4.78 is 6.08. The van der Waals surface area contributed by atoms with Crippen LogP contribution in [0, 0.1) is 29.1 Å². The summed E-state index contributed by atoms with van der Waals surface area (Å²) in [6.07, 6.45) is 1.57. The summed E-state index contributed by atoms with van der Waals surface area (Å²) in [6.45, 7) is 9.57. The van der Waals surface area contributed by atoms with E-state index in [0.717, 1.165) is 40.8 Å². The highest BCUT2D eigenvalue weighted by atomic mass is 16.7. The molecule has 52 heavy (non-hydrogen) atoms. The highest BCUT2D eigenvalue weighted by Crippen LogP contribution is 2.61. The van der Waals surface area contributed by atoms with Gasteiger partial charge in [0.1, 0.15) is 11.8 Å². The summed E-state index contributed by atoms with van der Waals surface area (Å²) in [6, 6.07) is 21.1. The van der Waals surface area contributed by atoms with Crippen LogP contribution < -0.4 is 26.0 Å². The molecule has 10 nitrogen and oxygen atoms in total. The minimum Gasteiger partial charge on any atom is -0.496 e. The molecular weight excluding hydrogens is 654 g/mol. The number of para-hydroxylation sites is 1. The minimum atomic E-state index is -0.815. The first kappa shape index (κ1) is 37.8. The zero-order valence-corrected chi connectivity index (χ0v) is 31.8. The van der Waals surface area contributed by atoms with Gasteiger partial charge >= 0.3 is 0 Å². The average Bonchev–Trinajstić information content (AvgIpc) is 3.51. The third-order valence-corrected chi connectivity index (χ3v) is 12.3. The van der Waals surface area contributed by atoms with Gasteiger partial charge in [-0.1, -0.05) is 69.3 Å². The van der Waals surface area contributed by atoms with Crippen LogP contribution in [0.15, 0.2) is 66.7 Å². The molecule has 3 aliphatic carbocycles. The second-order valence-electron chi connectivity index (χ2n) is 15.9. The Morgan fingerprint density at radius 3 is 2.48 bits per heavy atom. The van der Waals surface area contributed by atoms with E-state index in [1.807, 2.05) is 73.6 Å². The number of anilines is 1. The van der Waals surface area contributed by atoms with E-state index in [0.29, 0.717) is 41.0 Å². The van der Waals surface area contributed by atoms with Gasteiger partial charge in [0, 0.05) is 61.5 Å². The molecule has 1 saturated heterocycles. The number of hydroxylamine groups is 2. The Labute approximate surface area is 309 Å². The van der Waals surface area contributed by atoms with E-state index in [2.05, 4.69) is 43.5 Å². The molecule has 2 bridgehead atoms. The van der Waals surface area contributed by atoms with Crippen molar-refractivity contribution in [3.05, 3.63) is 83.4 Å². The van der Waals surface area contributed by atoms with Gasteiger partial charge in [0.25, 0.3) is 5.91 Å². The SMILES string of the molecule is COc1c(CN2O[C@@H](CN)[C@@H]([C@H](C)O)[C@H]2C(=O)N[C@H]2C[C@H]3C[C@@H]([C@@H]2C)C3(C)C)cccc1-c1cc(C(=O)NCCc2ccccc2)cc(N(C)C)c1. The van der Waals surface area contributed by atoms with E-state index in [1.165, 1.54) is 6.42 Å².